The lowest BCUT2D eigenvalue weighted by Crippen LogP contribution is -2.45. The number of nitrogens with zero attached hydrogens (tertiary/aromatic N) is 1. The quantitative estimate of drug-likeness (QED) is 0.821. The van der Waals surface area contributed by atoms with Crippen LogP contribution in [0.5, 0.6) is 11.5 Å². The Hall–Kier alpha value is -1.79. The summed E-state index contributed by atoms with van der Waals surface area (Å²) in [6.45, 7) is 4.27. The molecule has 0 saturated carbocycles. The number of fused-ring (bicyclic) bond motifs is 1. The number of carbonyl (C=O) groups excluding carboxylic acids is 1. The number of ether oxygens (including phenoxy) is 2. The summed E-state index contributed by atoms with van der Waals surface area (Å²) in [5.74, 6) is 0.875. The SMILES string of the molecule is CCOc1cc(CO)cc2c1OC(C)C(=O)N2CCCO. The highest BCUT2D eigenvalue weighted by molar-refractivity contribution is 6.00. The number of hydrogen-bond acceptors (Lipinski definition) is 5. The van der Waals surface area contributed by atoms with Crippen LogP contribution >= 0.6 is 0 Å². The van der Waals surface area contributed by atoms with Gasteiger partial charge in [0.1, 0.15) is 0 Å². The molecule has 1 amide bonds. The first-order valence-electron chi connectivity index (χ1n) is 7.11. The summed E-state index contributed by atoms with van der Waals surface area (Å²) in [6.07, 6.45) is -0.124. The van der Waals surface area contributed by atoms with Gasteiger partial charge in [-0.1, -0.05) is 0 Å². The second kappa shape index (κ2) is 6.78. The van der Waals surface area contributed by atoms with E-state index in [1.165, 1.54) is 0 Å². The van der Waals surface area contributed by atoms with Crippen LogP contribution in [0.3, 0.4) is 0 Å². The van der Waals surface area contributed by atoms with Crippen molar-refractivity contribution in [2.75, 3.05) is 24.7 Å². The second-order valence-electron chi connectivity index (χ2n) is 4.86. The van der Waals surface area contributed by atoms with Gasteiger partial charge in [-0.15, -0.1) is 0 Å². The van der Waals surface area contributed by atoms with Gasteiger partial charge in [0.15, 0.2) is 17.6 Å². The number of amides is 1. The summed E-state index contributed by atoms with van der Waals surface area (Å²) in [5, 5.41) is 18.4. The number of rotatable bonds is 6. The monoisotopic (exact) mass is 295 g/mol. The van der Waals surface area contributed by atoms with E-state index in [0.717, 1.165) is 0 Å². The number of carbonyl (C=O) groups is 1. The van der Waals surface area contributed by atoms with Crippen molar-refractivity contribution < 1.29 is 24.5 Å². The molecule has 6 nitrogen and oxygen atoms in total. The van der Waals surface area contributed by atoms with Gasteiger partial charge >= 0.3 is 0 Å². The van der Waals surface area contributed by atoms with Crippen LogP contribution in [0.25, 0.3) is 0 Å². The minimum absolute atomic E-state index is 0.00631. The molecule has 1 heterocycles. The molecule has 0 bridgehead atoms. The van der Waals surface area contributed by atoms with Crippen molar-refractivity contribution in [3.8, 4) is 11.5 Å². The summed E-state index contributed by atoms with van der Waals surface area (Å²) in [5.41, 5.74) is 1.23. The lowest BCUT2D eigenvalue weighted by molar-refractivity contribution is -0.125. The molecule has 0 fully saturated rings. The second-order valence-corrected chi connectivity index (χ2v) is 4.86. The molecule has 0 aliphatic carbocycles. The Morgan fingerprint density at radius 2 is 2.14 bits per heavy atom. The molecule has 2 rings (SSSR count). The van der Waals surface area contributed by atoms with E-state index in [-0.39, 0.29) is 19.1 Å². The number of aliphatic hydroxyl groups excluding tert-OH is 2. The molecule has 1 aliphatic heterocycles. The molecule has 1 aliphatic rings. The minimum atomic E-state index is -0.602. The predicted molar refractivity (Wildman–Crippen MR) is 77.7 cm³/mol. The number of aliphatic hydroxyl groups is 2. The summed E-state index contributed by atoms with van der Waals surface area (Å²) in [6, 6.07) is 3.44. The van der Waals surface area contributed by atoms with Gasteiger partial charge in [-0.05, 0) is 38.0 Å². The first-order valence-corrected chi connectivity index (χ1v) is 7.11. The zero-order chi connectivity index (χ0) is 15.4. The van der Waals surface area contributed by atoms with Crippen molar-refractivity contribution in [3.63, 3.8) is 0 Å². The van der Waals surface area contributed by atoms with Crippen molar-refractivity contribution in [1.82, 2.24) is 0 Å². The Morgan fingerprint density at radius 1 is 1.38 bits per heavy atom. The third-order valence-corrected chi connectivity index (χ3v) is 3.32. The van der Waals surface area contributed by atoms with Crippen LogP contribution in [0.2, 0.25) is 0 Å². The molecule has 116 valence electrons. The topological polar surface area (TPSA) is 79.2 Å². The third kappa shape index (κ3) is 3.11. The van der Waals surface area contributed by atoms with Crippen molar-refractivity contribution >= 4 is 11.6 Å². The Labute approximate surface area is 123 Å². The average molecular weight is 295 g/mol. The lowest BCUT2D eigenvalue weighted by Gasteiger charge is -2.34. The van der Waals surface area contributed by atoms with Crippen molar-refractivity contribution in [1.29, 1.82) is 0 Å². The molecular weight excluding hydrogens is 274 g/mol. The number of anilines is 1. The molecule has 0 saturated heterocycles. The van der Waals surface area contributed by atoms with Gasteiger partial charge in [0.25, 0.3) is 5.91 Å². The van der Waals surface area contributed by atoms with Gasteiger partial charge in [0, 0.05) is 13.2 Å². The van der Waals surface area contributed by atoms with Crippen LogP contribution in [-0.4, -0.2) is 42.0 Å². The summed E-state index contributed by atoms with van der Waals surface area (Å²) in [7, 11) is 0. The van der Waals surface area contributed by atoms with E-state index in [1.54, 1.807) is 24.0 Å². The Morgan fingerprint density at radius 3 is 2.76 bits per heavy atom. The molecule has 1 unspecified atom stereocenters. The molecule has 1 aromatic rings. The third-order valence-electron chi connectivity index (χ3n) is 3.32. The molecule has 0 radical (unpaired) electrons. The number of hydrogen-bond donors (Lipinski definition) is 2. The normalized spacial score (nSPS) is 17.4. The first kappa shape index (κ1) is 15.6. The minimum Gasteiger partial charge on any atom is -0.490 e. The molecule has 6 heteroatoms. The highest BCUT2D eigenvalue weighted by Gasteiger charge is 2.33. The van der Waals surface area contributed by atoms with Crippen molar-refractivity contribution in [2.45, 2.75) is 33.0 Å². The Kier molecular flexibility index (Phi) is 5.03. The fourth-order valence-corrected chi connectivity index (χ4v) is 2.34. The maximum absolute atomic E-state index is 12.3. The van der Waals surface area contributed by atoms with Gasteiger partial charge in [-0.25, -0.2) is 0 Å². The number of benzene rings is 1. The highest BCUT2D eigenvalue weighted by Crippen LogP contribution is 2.43. The van der Waals surface area contributed by atoms with Crippen LogP contribution in [0.4, 0.5) is 5.69 Å². The van der Waals surface area contributed by atoms with E-state index >= 15 is 0 Å². The fraction of sp³-hybridized carbons (Fsp3) is 0.533. The van der Waals surface area contributed by atoms with Gasteiger partial charge in [-0.2, -0.15) is 0 Å². The molecule has 0 aromatic heterocycles. The summed E-state index contributed by atoms with van der Waals surface area (Å²) < 4.78 is 11.2. The van der Waals surface area contributed by atoms with E-state index < -0.39 is 6.10 Å². The molecular formula is C15H21NO5. The van der Waals surface area contributed by atoms with Gasteiger partial charge in [-0.3, -0.25) is 4.79 Å². The van der Waals surface area contributed by atoms with Crippen LogP contribution in [0.15, 0.2) is 12.1 Å². The van der Waals surface area contributed by atoms with E-state index in [9.17, 15) is 9.90 Å². The van der Waals surface area contributed by atoms with Crippen LogP contribution in [0.1, 0.15) is 25.8 Å². The van der Waals surface area contributed by atoms with Crippen LogP contribution in [-0.2, 0) is 11.4 Å². The van der Waals surface area contributed by atoms with Gasteiger partial charge in [0.05, 0.1) is 18.9 Å². The molecule has 21 heavy (non-hydrogen) atoms. The molecule has 2 N–H and O–H groups in total. The zero-order valence-corrected chi connectivity index (χ0v) is 12.3. The largest absolute Gasteiger partial charge is 0.490 e. The van der Waals surface area contributed by atoms with Crippen LogP contribution in [0, 0.1) is 0 Å². The van der Waals surface area contributed by atoms with Crippen molar-refractivity contribution in [2.24, 2.45) is 0 Å². The van der Waals surface area contributed by atoms with E-state index in [1.807, 2.05) is 6.92 Å². The smallest absolute Gasteiger partial charge is 0.267 e. The van der Waals surface area contributed by atoms with Gasteiger partial charge < -0.3 is 24.6 Å². The summed E-state index contributed by atoms with van der Waals surface area (Å²) in [4.78, 5) is 13.9. The fourth-order valence-electron chi connectivity index (χ4n) is 2.34. The van der Waals surface area contributed by atoms with Crippen LogP contribution < -0.4 is 14.4 Å². The standard InChI is InChI=1S/C15H21NO5/c1-3-20-13-8-11(9-18)7-12-14(13)21-10(2)15(19)16(12)5-4-6-17/h7-8,10,17-18H,3-6,9H2,1-2H3. The molecule has 1 atom stereocenters. The van der Waals surface area contributed by atoms with E-state index in [0.29, 0.717) is 42.3 Å². The van der Waals surface area contributed by atoms with Gasteiger partial charge in [0.2, 0.25) is 0 Å². The van der Waals surface area contributed by atoms with Crippen molar-refractivity contribution in [3.05, 3.63) is 17.7 Å². The molecule has 1 aromatic carbocycles. The zero-order valence-electron chi connectivity index (χ0n) is 12.3. The average Bonchev–Trinajstić information content (AvgIpc) is 2.48. The predicted octanol–water partition coefficient (Wildman–Crippen LogP) is 1.07. The maximum atomic E-state index is 12.3. The Balaban J connectivity index is 2.48. The van der Waals surface area contributed by atoms with E-state index in [2.05, 4.69) is 0 Å². The lowest BCUT2D eigenvalue weighted by atomic mass is 10.1. The summed E-state index contributed by atoms with van der Waals surface area (Å²) >= 11 is 0. The highest BCUT2D eigenvalue weighted by atomic mass is 16.5. The molecule has 0 spiro atoms. The maximum Gasteiger partial charge on any atom is 0.267 e. The Bertz CT molecular complexity index is 517. The van der Waals surface area contributed by atoms with E-state index in [4.69, 9.17) is 14.6 Å². The first-order chi connectivity index (χ1) is 10.1.